The molecule has 2 rings (SSSR count). The van der Waals surface area contributed by atoms with Gasteiger partial charge in [-0.3, -0.25) is 4.79 Å². The van der Waals surface area contributed by atoms with E-state index in [0.29, 0.717) is 17.9 Å². The molecule has 3 atom stereocenters. The number of hydrogen-bond donors (Lipinski definition) is 0. The summed E-state index contributed by atoms with van der Waals surface area (Å²) in [4.78, 5) is 11.1. The molecule has 0 aromatic carbocycles. The van der Waals surface area contributed by atoms with Crippen LogP contribution >= 0.6 is 9.39 Å². The minimum absolute atomic E-state index is 0.344. The molecular formula is C6H10NOP. The Hall–Kier alpha value is -0.100. The van der Waals surface area contributed by atoms with Crippen LogP contribution in [0.4, 0.5) is 0 Å². The molecule has 1 aliphatic heterocycles. The first-order valence-electron chi connectivity index (χ1n) is 3.37. The summed E-state index contributed by atoms with van der Waals surface area (Å²) in [6.45, 7) is 0. The molecule has 0 radical (unpaired) electrons. The molecule has 3 heteroatoms. The summed E-state index contributed by atoms with van der Waals surface area (Å²) in [5, 5.41) is 0. The van der Waals surface area contributed by atoms with E-state index < -0.39 is 0 Å². The normalized spacial score (nSPS) is 40.6. The zero-order valence-corrected chi connectivity index (χ0v) is 6.36. The zero-order chi connectivity index (χ0) is 6.43. The van der Waals surface area contributed by atoms with E-state index in [-0.39, 0.29) is 0 Å². The van der Waals surface area contributed by atoms with Gasteiger partial charge in [0, 0.05) is 12.0 Å². The molecule has 50 valence electrons. The molecule has 2 bridgehead atoms. The highest BCUT2D eigenvalue weighted by Gasteiger charge is 2.42. The Kier molecular flexibility index (Phi) is 1.07. The van der Waals surface area contributed by atoms with Crippen molar-refractivity contribution in [2.24, 2.45) is 5.92 Å². The molecule has 1 saturated carbocycles. The zero-order valence-electron chi connectivity index (χ0n) is 5.21. The maximum atomic E-state index is 11.1. The summed E-state index contributed by atoms with van der Waals surface area (Å²) in [5.74, 6) is 0.726. The minimum Gasteiger partial charge on any atom is -0.324 e. The number of carbonyl (C=O) groups excluding carboxylic acids is 1. The highest BCUT2D eigenvalue weighted by Crippen LogP contribution is 2.40. The lowest BCUT2D eigenvalue weighted by atomic mass is 10.1. The third kappa shape index (κ3) is 0.630. The molecule has 0 aromatic heterocycles. The van der Waals surface area contributed by atoms with Crippen molar-refractivity contribution in [3.8, 4) is 0 Å². The van der Waals surface area contributed by atoms with Crippen LogP contribution in [0.5, 0.6) is 0 Å². The predicted octanol–water partition coefficient (Wildman–Crippen LogP) is 0.787. The van der Waals surface area contributed by atoms with Gasteiger partial charge in [0.05, 0.1) is 0 Å². The SMILES string of the molecule is O=C1[C@@H]2CC[C@@H](C2)N1P. The molecule has 1 saturated heterocycles. The van der Waals surface area contributed by atoms with Crippen LogP contribution in [0.3, 0.4) is 0 Å². The molecule has 0 spiro atoms. The average molecular weight is 143 g/mol. The Balaban J connectivity index is 2.25. The summed E-state index contributed by atoms with van der Waals surface area (Å²) < 4.78 is 1.83. The Morgan fingerprint density at radius 2 is 2.33 bits per heavy atom. The second-order valence-electron chi connectivity index (χ2n) is 2.91. The number of fused-ring (bicyclic) bond motifs is 2. The van der Waals surface area contributed by atoms with Crippen LogP contribution in [0.1, 0.15) is 19.3 Å². The highest BCUT2D eigenvalue weighted by atomic mass is 31.0. The Labute approximate surface area is 56.9 Å². The van der Waals surface area contributed by atoms with E-state index in [9.17, 15) is 4.79 Å². The van der Waals surface area contributed by atoms with Crippen LogP contribution in [-0.4, -0.2) is 16.6 Å². The largest absolute Gasteiger partial charge is 0.324 e. The Bertz CT molecular complexity index is 155. The van der Waals surface area contributed by atoms with Crippen molar-refractivity contribution in [2.45, 2.75) is 25.3 Å². The van der Waals surface area contributed by atoms with Crippen molar-refractivity contribution in [3.63, 3.8) is 0 Å². The smallest absolute Gasteiger partial charge is 0.228 e. The molecule has 1 heterocycles. The van der Waals surface area contributed by atoms with Crippen LogP contribution in [0, 0.1) is 5.92 Å². The predicted molar refractivity (Wildman–Crippen MR) is 37.7 cm³/mol. The van der Waals surface area contributed by atoms with Gasteiger partial charge in [-0.1, -0.05) is 0 Å². The van der Waals surface area contributed by atoms with Crippen LogP contribution in [-0.2, 0) is 4.79 Å². The van der Waals surface area contributed by atoms with Gasteiger partial charge in [-0.15, -0.1) is 0 Å². The molecule has 1 unspecified atom stereocenters. The lowest BCUT2D eigenvalue weighted by Crippen LogP contribution is -2.27. The van der Waals surface area contributed by atoms with Crippen molar-refractivity contribution in [2.75, 3.05) is 0 Å². The first-order chi connectivity index (χ1) is 4.29. The first-order valence-corrected chi connectivity index (χ1v) is 3.88. The van der Waals surface area contributed by atoms with Gasteiger partial charge in [0.2, 0.25) is 5.91 Å². The number of rotatable bonds is 0. The summed E-state index contributed by atoms with van der Waals surface area (Å²) in [7, 11) is 2.51. The highest BCUT2D eigenvalue weighted by molar-refractivity contribution is 7.14. The molecule has 9 heavy (non-hydrogen) atoms. The van der Waals surface area contributed by atoms with E-state index in [1.54, 1.807) is 0 Å². The topological polar surface area (TPSA) is 20.3 Å². The van der Waals surface area contributed by atoms with Gasteiger partial charge in [-0.05, 0) is 28.7 Å². The number of nitrogens with zero attached hydrogens (tertiary/aromatic N) is 1. The lowest BCUT2D eigenvalue weighted by molar-refractivity contribution is -0.128. The maximum absolute atomic E-state index is 11.1. The number of carbonyl (C=O) groups is 1. The van der Waals surface area contributed by atoms with E-state index in [0.717, 1.165) is 12.8 Å². The van der Waals surface area contributed by atoms with Crippen LogP contribution < -0.4 is 0 Å². The monoisotopic (exact) mass is 143 g/mol. The van der Waals surface area contributed by atoms with Crippen molar-refractivity contribution < 1.29 is 4.79 Å². The van der Waals surface area contributed by atoms with Crippen LogP contribution in [0.25, 0.3) is 0 Å². The van der Waals surface area contributed by atoms with Crippen LogP contribution in [0.2, 0.25) is 0 Å². The Morgan fingerprint density at radius 3 is 2.67 bits per heavy atom. The van der Waals surface area contributed by atoms with Gasteiger partial charge in [-0.25, -0.2) is 0 Å². The van der Waals surface area contributed by atoms with Gasteiger partial charge >= 0.3 is 0 Å². The summed E-state index contributed by atoms with van der Waals surface area (Å²) in [5.41, 5.74) is 0. The fraction of sp³-hybridized carbons (Fsp3) is 0.833. The van der Waals surface area contributed by atoms with E-state index >= 15 is 0 Å². The summed E-state index contributed by atoms with van der Waals surface area (Å²) in [6, 6.07) is 0.562. The molecule has 2 fully saturated rings. The molecular weight excluding hydrogens is 133 g/mol. The fourth-order valence-corrected chi connectivity index (χ4v) is 2.31. The molecule has 2 aliphatic rings. The third-order valence-electron chi connectivity index (χ3n) is 2.40. The number of hydrogen-bond acceptors (Lipinski definition) is 1. The standard InChI is InChI=1S/C6H10NOP/c8-6-4-1-2-5(3-4)7(6)9/h4-5H,1-3,9H2/t4-,5+/m1/s1. The van der Waals surface area contributed by atoms with E-state index in [1.165, 1.54) is 6.42 Å². The number of piperidine rings is 1. The van der Waals surface area contributed by atoms with Crippen molar-refractivity contribution >= 4 is 15.3 Å². The van der Waals surface area contributed by atoms with Gasteiger partial charge in [-0.2, -0.15) is 0 Å². The minimum atomic E-state index is 0.344. The van der Waals surface area contributed by atoms with Gasteiger partial charge in [0.1, 0.15) is 0 Å². The quantitative estimate of drug-likeness (QED) is 0.459. The van der Waals surface area contributed by atoms with E-state index in [1.807, 2.05) is 4.67 Å². The van der Waals surface area contributed by atoms with Crippen molar-refractivity contribution in [1.29, 1.82) is 0 Å². The summed E-state index contributed by atoms with van der Waals surface area (Å²) >= 11 is 0. The second-order valence-corrected chi connectivity index (χ2v) is 3.47. The maximum Gasteiger partial charge on any atom is 0.228 e. The van der Waals surface area contributed by atoms with E-state index in [4.69, 9.17) is 0 Å². The van der Waals surface area contributed by atoms with E-state index in [2.05, 4.69) is 9.39 Å². The Morgan fingerprint density at radius 1 is 1.56 bits per heavy atom. The van der Waals surface area contributed by atoms with Crippen molar-refractivity contribution in [3.05, 3.63) is 0 Å². The number of amides is 1. The molecule has 1 amide bonds. The fourth-order valence-electron chi connectivity index (χ4n) is 1.83. The molecule has 0 aromatic rings. The third-order valence-corrected chi connectivity index (χ3v) is 3.08. The lowest BCUT2D eigenvalue weighted by Gasteiger charge is -2.20. The van der Waals surface area contributed by atoms with Gasteiger partial charge in [0.25, 0.3) is 0 Å². The second kappa shape index (κ2) is 1.69. The van der Waals surface area contributed by atoms with Crippen molar-refractivity contribution in [1.82, 2.24) is 4.67 Å². The molecule has 0 N–H and O–H groups in total. The molecule has 2 nitrogen and oxygen atoms in total. The first kappa shape index (κ1) is 5.67. The average Bonchev–Trinajstić information content (AvgIpc) is 2.37. The van der Waals surface area contributed by atoms with Gasteiger partial charge in [0.15, 0.2) is 0 Å². The summed E-state index contributed by atoms with van der Waals surface area (Å²) in [6.07, 6.45) is 3.47. The van der Waals surface area contributed by atoms with Crippen LogP contribution in [0.15, 0.2) is 0 Å². The van der Waals surface area contributed by atoms with Gasteiger partial charge < -0.3 is 4.67 Å². The molecule has 1 aliphatic carbocycles.